The van der Waals surface area contributed by atoms with Crippen molar-refractivity contribution < 1.29 is 4.74 Å². The summed E-state index contributed by atoms with van der Waals surface area (Å²) in [6, 6.07) is 9.82. The Labute approximate surface area is 96.5 Å². The molecule has 0 saturated carbocycles. The number of rotatable bonds is 2. The smallest absolute Gasteiger partial charge is 0.187 e. The van der Waals surface area contributed by atoms with Gasteiger partial charge in [0.05, 0.1) is 0 Å². The van der Waals surface area contributed by atoms with Crippen molar-refractivity contribution in [1.82, 2.24) is 0 Å². The molecule has 1 aliphatic carbocycles. The molecule has 0 aliphatic heterocycles. The van der Waals surface area contributed by atoms with E-state index in [0.717, 1.165) is 35.3 Å². The Bertz CT molecular complexity index is 406. The molecule has 2 rings (SSSR count). The molecule has 1 aromatic rings. The molecule has 0 amide bonds. The molecule has 16 heavy (non-hydrogen) atoms. The molecule has 0 fully saturated rings. The fourth-order valence-corrected chi connectivity index (χ4v) is 2.00. The maximum Gasteiger partial charge on any atom is 0.187 e. The number of hydrogen-bond donors (Lipinski definition) is 0. The van der Waals surface area contributed by atoms with Crippen LogP contribution in [0.4, 0.5) is 0 Å². The van der Waals surface area contributed by atoms with Crippen LogP contribution in [-0.4, -0.2) is 10.5 Å². The molecule has 84 valence electrons. The summed E-state index contributed by atoms with van der Waals surface area (Å²) in [6.45, 7) is 1.96. The summed E-state index contributed by atoms with van der Waals surface area (Å²) in [6.07, 6.45) is 7.14. The van der Waals surface area contributed by atoms with Crippen LogP contribution in [0, 0.1) is 5.21 Å². The molecular formula is C14H17NO. The lowest BCUT2D eigenvalue weighted by atomic mass is 10.0. The zero-order chi connectivity index (χ0) is 11.4. The number of hydroxylamine groups is 1. The van der Waals surface area contributed by atoms with E-state index in [2.05, 4.69) is 6.08 Å². The van der Waals surface area contributed by atoms with Gasteiger partial charge in [-0.3, -0.25) is 0 Å². The van der Waals surface area contributed by atoms with Crippen LogP contribution in [0.3, 0.4) is 0 Å². The van der Waals surface area contributed by atoms with Gasteiger partial charge >= 0.3 is 0 Å². The van der Waals surface area contributed by atoms with E-state index in [9.17, 15) is 5.21 Å². The minimum absolute atomic E-state index is 0.0982. The maximum atomic E-state index is 12.1. The predicted molar refractivity (Wildman–Crippen MR) is 66.5 cm³/mol. The van der Waals surface area contributed by atoms with Crippen molar-refractivity contribution in [2.24, 2.45) is 0 Å². The first-order valence-electron chi connectivity index (χ1n) is 5.82. The number of hydrogen-bond acceptors (Lipinski definition) is 1. The molecule has 0 N–H and O–H groups in total. The zero-order valence-corrected chi connectivity index (χ0v) is 9.60. The van der Waals surface area contributed by atoms with Gasteiger partial charge in [0.15, 0.2) is 11.8 Å². The van der Waals surface area contributed by atoms with Crippen LogP contribution in [-0.2, 0) is 0 Å². The second-order valence-corrected chi connectivity index (χ2v) is 4.20. The Morgan fingerprint density at radius 1 is 1.25 bits per heavy atom. The summed E-state index contributed by atoms with van der Waals surface area (Å²) in [5.74, 6) is 0. The van der Waals surface area contributed by atoms with Crippen LogP contribution in [0.15, 0.2) is 42.5 Å². The van der Waals surface area contributed by atoms with E-state index in [1.54, 1.807) is 0 Å². The molecule has 1 atom stereocenters. The Morgan fingerprint density at radius 2 is 2.00 bits per heavy atom. The highest BCUT2D eigenvalue weighted by Crippen LogP contribution is 2.18. The fourth-order valence-electron chi connectivity index (χ4n) is 2.00. The summed E-state index contributed by atoms with van der Waals surface area (Å²) in [5, 5.41) is 12.1. The maximum absolute atomic E-state index is 12.1. The normalized spacial score (nSPS) is 20.6. The highest BCUT2D eigenvalue weighted by atomic mass is 16.5. The molecule has 1 aromatic carbocycles. The van der Waals surface area contributed by atoms with Gasteiger partial charge in [-0.2, -0.15) is 0 Å². The van der Waals surface area contributed by atoms with Gasteiger partial charge < -0.3 is 5.21 Å². The van der Waals surface area contributed by atoms with Gasteiger partial charge in [-0.05, 0) is 12.8 Å². The Morgan fingerprint density at radius 3 is 2.62 bits per heavy atom. The summed E-state index contributed by atoms with van der Waals surface area (Å²) in [5.41, 5.74) is 1.98. The molecule has 0 bridgehead atoms. The molecule has 1 aliphatic rings. The van der Waals surface area contributed by atoms with Gasteiger partial charge in [0.2, 0.25) is 0 Å². The van der Waals surface area contributed by atoms with Crippen molar-refractivity contribution in [1.29, 1.82) is 0 Å². The first-order chi connectivity index (χ1) is 7.79. The quantitative estimate of drug-likeness (QED) is 0.421. The third-order valence-corrected chi connectivity index (χ3v) is 3.03. The van der Waals surface area contributed by atoms with Crippen LogP contribution in [0.5, 0.6) is 0 Å². The lowest BCUT2D eigenvalue weighted by molar-refractivity contribution is -0.503. The van der Waals surface area contributed by atoms with Gasteiger partial charge in [0, 0.05) is 25.0 Å². The van der Waals surface area contributed by atoms with Crippen molar-refractivity contribution >= 4 is 5.71 Å². The molecule has 0 spiro atoms. The van der Waals surface area contributed by atoms with Crippen LogP contribution in [0.2, 0.25) is 0 Å². The minimum atomic E-state index is -0.0982. The fraction of sp³-hybridized carbons (Fsp3) is 0.357. The average Bonchev–Trinajstić information content (AvgIpc) is 2.39. The zero-order valence-electron chi connectivity index (χ0n) is 9.60. The third kappa shape index (κ3) is 2.32. The molecule has 1 unspecified atom stereocenters. The molecule has 0 aromatic heterocycles. The van der Waals surface area contributed by atoms with E-state index >= 15 is 0 Å². The second-order valence-electron chi connectivity index (χ2n) is 4.20. The second kappa shape index (κ2) is 4.97. The SMILES string of the molecule is CC(c1ccccc1)/[N+]([O-])=C1\C=CCCC1. The Balaban J connectivity index is 2.24. The van der Waals surface area contributed by atoms with E-state index in [1.807, 2.05) is 43.3 Å². The average molecular weight is 215 g/mol. The van der Waals surface area contributed by atoms with Crippen LogP contribution >= 0.6 is 0 Å². The molecule has 2 heteroatoms. The number of nitrogens with zero attached hydrogens (tertiary/aromatic N) is 1. The van der Waals surface area contributed by atoms with Crippen molar-refractivity contribution in [3.05, 3.63) is 53.3 Å². The molecule has 0 saturated heterocycles. The highest BCUT2D eigenvalue weighted by molar-refractivity contribution is 5.91. The molecule has 2 nitrogen and oxygen atoms in total. The topological polar surface area (TPSA) is 26.1 Å². The summed E-state index contributed by atoms with van der Waals surface area (Å²) >= 11 is 0. The van der Waals surface area contributed by atoms with E-state index in [0.29, 0.717) is 0 Å². The predicted octanol–water partition coefficient (Wildman–Crippen LogP) is 3.44. The van der Waals surface area contributed by atoms with Gasteiger partial charge in [-0.25, -0.2) is 4.74 Å². The van der Waals surface area contributed by atoms with E-state index in [1.165, 1.54) is 0 Å². The molecule has 0 radical (unpaired) electrons. The van der Waals surface area contributed by atoms with Crippen molar-refractivity contribution in [3.8, 4) is 0 Å². The van der Waals surface area contributed by atoms with Crippen LogP contribution < -0.4 is 0 Å². The molecule has 0 heterocycles. The monoisotopic (exact) mass is 215 g/mol. The Kier molecular flexibility index (Phi) is 3.40. The van der Waals surface area contributed by atoms with Gasteiger partial charge in [0.25, 0.3) is 0 Å². The van der Waals surface area contributed by atoms with Crippen molar-refractivity contribution in [2.45, 2.75) is 32.2 Å². The van der Waals surface area contributed by atoms with Crippen molar-refractivity contribution in [2.75, 3.05) is 0 Å². The highest BCUT2D eigenvalue weighted by Gasteiger charge is 2.17. The van der Waals surface area contributed by atoms with Crippen LogP contribution in [0.25, 0.3) is 0 Å². The number of benzene rings is 1. The Hall–Kier alpha value is -1.57. The summed E-state index contributed by atoms with van der Waals surface area (Å²) in [4.78, 5) is 0. The summed E-state index contributed by atoms with van der Waals surface area (Å²) < 4.78 is 1.14. The standard InChI is InChI=1S/C14H17NO/c1-12(13-8-4-2-5-9-13)15(16)14-10-6-3-7-11-14/h2,4-6,8-10,12H,3,7,11H2,1H3/b15-14-. The minimum Gasteiger partial charge on any atom is -0.623 e. The third-order valence-electron chi connectivity index (χ3n) is 3.03. The lowest BCUT2D eigenvalue weighted by Gasteiger charge is -2.17. The summed E-state index contributed by atoms with van der Waals surface area (Å²) in [7, 11) is 0. The van der Waals surface area contributed by atoms with Gasteiger partial charge in [0.1, 0.15) is 0 Å². The van der Waals surface area contributed by atoms with Crippen molar-refractivity contribution in [3.63, 3.8) is 0 Å². The van der Waals surface area contributed by atoms with Gasteiger partial charge in [-0.15, -0.1) is 0 Å². The van der Waals surface area contributed by atoms with Gasteiger partial charge in [-0.1, -0.05) is 36.4 Å². The lowest BCUT2D eigenvalue weighted by Crippen LogP contribution is -2.19. The van der Waals surface area contributed by atoms with E-state index < -0.39 is 0 Å². The van der Waals surface area contributed by atoms with Crippen LogP contribution in [0.1, 0.15) is 37.8 Å². The van der Waals surface area contributed by atoms with E-state index in [-0.39, 0.29) is 6.04 Å². The first kappa shape index (κ1) is 10.9. The first-order valence-corrected chi connectivity index (χ1v) is 5.82. The van der Waals surface area contributed by atoms with E-state index in [4.69, 9.17) is 0 Å². The largest absolute Gasteiger partial charge is 0.623 e. The molecular weight excluding hydrogens is 198 g/mol. The number of allylic oxidation sites excluding steroid dienone is 2.